The van der Waals surface area contributed by atoms with Gasteiger partial charge in [0.1, 0.15) is 5.52 Å². The van der Waals surface area contributed by atoms with E-state index >= 15 is 0 Å². The van der Waals surface area contributed by atoms with Gasteiger partial charge in [-0.05, 0) is 25.0 Å². The molecule has 1 saturated heterocycles. The number of thioether (sulfide) groups is 1. The number of imidazole rings is 1. The normalized spacial score (nSPS) is 18.4. The van der Waals surface area contributed by atoms with Gasteiger partial charge in [0.05, 0.1) is 12.4 Å². The summed E-state index contributed by atoms with van der Waals surface area (Å²) in [5.41, 5.74) is 2.73. The maximum atomic E-state index is 10.8. The van der Waals surface area contributed by atoms with Gasteiger partial charge in [0.2, 0.25) is 0 Å². The highest BCUT2D eigenvalue weighted by Crippen LogP contribution is 2.27. The third-order valence-corrected chi connectivity index (χ3v) is 4.55. The number of aromatic nitrogens is 3. The van der Waals surface area contributed by atoms with Gasteiger partial charge in [-0.3, -0.25) is 4.79 Å². The van der Waals surface area contributed by atoms with Crippen molar-refractivity contribution in [2.45, 2.75) is 25.0 Å². The Kier molecular flexibility index (Phi) is 4.12. The molecule has 2 aromatic heterocycles. The number of rotatable bonds is 5. The van der Waals surface area contributed by atoms with Gasteiger partial charge in [-0.2, -0.15) is 0 Å². The van der Waals surface area contributed by atoms with Crippen LogP contribution in [-0.2, 0) is 16.1 Å². The first-order valence-electron chi connectivity index (χ1n) is 6.89. The van der Waals surface area contributed by atoms with Gasteiger partial charge in [0, 0.05) is 25.3 Å². The predicted octanol–water partition coefficient (Wildman–Crippen LogP) is 1.95. The van der Waals surface area contributed by atoms with E-state index in [1.54, 1.807) is 6.20 Å². The maximum absolute atomic E-state index is 10.8. The van der Waals surface area contributed by atoms with E-state index in [1.807, 2.05) is 17.6 Å². The van der Waals surface area contributed by atoms with Crippen LogP contribution in [0, 0.1) is 12.8 Å². The molecule has 0 saturated carbocycles. The number of fused-ring (bicyclic) bond motifs is 1. The Morgan fingerprint density at radius 3 is 3.19 bits per heavy atom. The van der Waals surface area contributed by atoms with Crippen LogP contribution in [-0.4, -0.2) is 44.6 Å². The average Bonchev–Trinajstić information content (AvgIpc) is 3.07. The first-order valence-corrected chi connectivity index (χ1v) is 7.88. The number of carbonyl (C=O) groups is 1. The van der Waals surface area contributed by atoms with E-state index in [4.69, 9.17) is 9.84 Å². The Labute approximate surface area is 126 Å². The van der Waals surface area contributed by atoms with Crippen molar-refractivity contribution in [1.82, 2.24) is 14.5 Å². The summed E-state index contributed by atoms with van der Waals surface area (Å²) in [6.07, 6.45) is 2.79. The number of aryl methyl sites for hydroxylation is 1. The third-order valence-electron chi connectivity index (χ3n) is 3.59. The first kappa shape index (κ1) is 14.3. The minimum Gasteiger partial charge on any atom is -0.481 e. The van der Waals surface area contributed by atoms with E-state index in [9.17, 15) is 4.79 Å². The summed E-state index contributed by atoms with van der Waals surface area (Å²) in [4.78, 5) is 19.8. The molecule has 2 aromatic rings. The second kappa shape index (κ2) is 6.03. The lowest BCUT2D eigenvalue weighted by molar-refractivity contribution is -0.133. The van der Waals surface area contributed by atoms with E-state index in [1.165, 1.54) is 11.8 Å². The molecule has 1 atom stereocenters. The maximum Gasteiger partial charge on any atom is 0.313 e. The van der Waals surface area contributed by atoms with Crippen molar-refractivity contribution in [3.8, 4) is 0 Å². The Bertz CT molecular complexity index is 665. The largest absolute Gasteiger partial charge is 0.481 e. The minimum atomic E-state index is -0.840. The molecule has 1 fully saturated rings. The molecule has 1 aliphatic heterocycles. The van der Waals surface area contributed by atoms with Crippen LogP contribution in [0.15, 0.2) is 17.4 Å². The number of hydrogen-bond acceptors (Lipinski definition) is 5. The summed E-state index contributed by atoms with van der Waals surface area (Å²) in [6.45, 7) is 4.30. The van der Waals surface area contributed by atoms with Crippen LogP contribution in [0.25, 0.3) is 11.2 Å². The zero-order valence-corrected chi connectivity index (χ0v) is 12.6. The van der Waals surface area contributed by atoms with Crippen molar-refractivity contribution in [2.75, 3.05) is 19.0 Å². The minimum absolute atomic E-state index is 0.00351. The fourth-order valence-electron chi connectivity index (χ4n) is 2.50. The molecular formula is C14H17N3O3S. The van der Waals surface area contributed by atoms with Crippen molar-refractivity contribution in [2.24, 2.45) is 5.92 Å². The zero-order valence-electron chi connectivity index (χ0n) is 11.8. The van der Waals surface area contributed by atoms with Gasteiger partial charge in [0.15, 0.2) is 10.8 Å². The standard InChI is InChI=1S/C14H17N3O3S/c1-9-2-4-15-13-12(9)16-14(21-8-11(18)19)17(13)6-10-3-5-20-7-10/h2,4,10H,3,5-8H2,1H3,(H,18,19). The van der Waals surface area contributed by atoms with Crippen LogP contribution in [0.1, 0.15) is 12.0 Å². The average molecular weight is 307 g/mol. The van der Waals surface area contributed by atoms with E-state index < -0.39 is 5.97 Å². The van der Waals surface area contributed by atoms with Crippen LogP contribution in [0.4, 0.5) is 0 Å². The molecule has 7 heteroatoms. The van der Waals surface area contributed by atoms with Crippen LogP contribution in [0.3, 0.4) is 0 Å². The van der Waals surface area contributed by atoms with Gasteiger partial charge in [-0.15, -0.1) is 0 Å². The number of hydrogen-bond donors (Lipinski definition) is 1. The van der Waals surface area contributed by atoms with Gasteiger partial charge < -0.3 is 14.4 Å². The highest BCUT2D eigenvalue weighted by atomic mass is 32.2. The smallest absolute Gasteiger partial charge is 0.313 e. The van der Waals surface area contributed by atoms with Crippen LogP contribution >= 0.6 is 11.8 Å². The van der Waals surface area contributed by atoms with Crippen molar-refractivity contribution < 1.29 is 14.6 Å². The molecule has 0 amide bonds. The van der Waals surface area contributed by atoms with Crippen LogP contribution in [0.5, 0.6) is 0 Å². The Morgan fingerprint density at radius 1 is 1.62 bits per heavy atom. The molecule has 0 aliphatic carbocycles. The van der Waals surface area contributed by atoms with Gasteiger partial charge in [0.25, 0.3) is 0 Å². The lowest BCUT2D eigenvalue weighted by atomic mass is 10.1. The topological polar surface area (TPSA) is 77.2 Å². The van der Waals surface area contributed by atoms with Crippen molar-refractivity contribution in [3.05, 3.63) is 17.8 Å². The molecule has 112 valence electrons. The van der Waals surface area contributed by atoms with E-state index in [-0.39, 0.29) is 5.75 Å². The Hall–Kier alpha value is -1.60. The van der Waals surface area contributed by atoms with Crippen molar-refractivity contribution in [1.29, 1.82) is 0 Å². The molecular weight excluding hydrogens is 290 g/mol. The van der Waals surface area contributed by atoms with Gasteiger partial charge >= 0.3 is 5.97 Å². The zero-order chi connectivity index (χ0) is 14.8. The second-order valence-electron chi connectivity index (χ2n) is 5.22. The molecule has 1 aliphatic rings. The summed E-state index contributed by atoms with van der Waals surface area (Å²) in [6, 6.07) is 1.92. The summed E-state index contributed by atoms with van der Waals surface area (Å²) in [5, 5.41) is 9.61. The molecule has 0 radical (unpaired) electrons. The molecule has 1 N–H and O–H groups in total. The number of nitrogens with zero attached hydrogens (tertiary/aromatic N) is 3. The quantitative estimate of drug-likeness (QED) is 0.851. The van der Waals surface area contributed by atoms with Crippen molar-refractivity contribution in [3.63, 3.8) is 0 Å². The number of ether oxygens (including phenoxy) is 1. The number of aliphatic carboxylic acids is 1. The first-order chi connectivity index (χ1) is 10.1. The molecule has 0 aromatic carbocycles. The van der Waals surface area contributed by atoms with E-state index in [0.29, 0.717) is 5.92 Å². The van der Waals surface area contributed by atoms with E-state index in [2.05, 4.69) is 9.97 Å². The number of carboxylic acids is 1. The Morgan fingerprint density at radius 2 is 2.48 bits per heavy atom. The fraction of sp³-hybridized carbons (Fsp3) is 0.500. The van der Waals surface area contributed by atoms with E-state index in [0.717, 1.165) is 48.1 Å². The molecule has 6 nitrogen and oxygen atoms in total. The summed E-state index contributed by atoms with van der Waals surface area (Å²) < 4.78 is 7.46. The molecule has 3 heterocycles. The van der Waals surface area contributed by atoms with Crippen molar-refractivity contribution >= 4 is 28.9 Å². The molecule has 0 bridgehead atoms. The number of pyridine rings is 1. The summed E-state index contributed by atoms with van der Waals surface area (Å²) >= 11 is 1.24. The highest BCUT2D eigenvalue weighted by molar-refractivity contribution is 7.99. The lowest BCUT2D eigenvalue weighted by Gasteiger charge is -2.11. The second-order valence-corrected chi connectivity index (χ2v) is 6.16. The predicted molar refractivity (Wildman–Crippen MR) is 79.6 cm³/mol. The summed E-state index contributed by atoms with van der Waals surface area (Å²) in [7, 11) is 0. The molecule has 21 heavy (non-hydrogen) atoms. The molecule has 3 rings (SSSR count). The van der Waals surface area contributed by atoms with Crippen LogP contribution in [0.2, 0.25) is 0 Å². The SMILES string of the molecule is Cc1ccnc2c1nc(SCC(=O)O)n2CC1CCOC1. The summed E-state index contributed by atoms with van der Waals surface area (Å²) in [5.74, 6) is -0.398. The highest BCUT2D eigenvalue weighted by Gasteiger charge is 2.21. The molecule has 0 spiro atoms. The van der Waals surface area contributed by atoms with Gasteiger partial charge in [-0.1, -0.05) is 11.8 Å². The van der Waals surface area contributed by atoms with Gasteiger partial charge in [-0.25, -0.2) is 9.97 Å². The third kappa shape index (κ3) is 3.03. The fourth-order valence-corrected chi connectivity index (χ4v) is 3.23. The lowest BCUT2D eigenvalue weighted by Crippen LogP contribution is -2.12. The van der Waals surface area contributed by atoms with Crippen LogP contribution < -0.4 is 0 Å². The molecule has 1 unspecified atom stereocenters. The Balaban J connectivity index is 1.97. The number of carboxylic acid groups (broad SMARTS) is 1. The monoisotopic (exact) mass is 307 g/mol.